The number of benzene rings is 2. The molecule has 123 heavy (non-hydrogen) atoms. The molecule has 29 heteroatoms. The monoisotopic (exact) mass is 1740 g/mol. The van der Waals surface area contributed by atoms with Crippen LogP contribution in [0.15, 0.2) is 73.1 Å². The average molecular weight is 1740 g/mol. The third-order valence-corrected chi connectivity index (χ3v) is 27.2. The molecular weight excluding hydrogens is 1580 g/mol. The van der Waals surface area contributed by atoms with Gasteiger partial charge < -0.3 is 123 Å². The molecule has 0 saturated carbocycles. The van der Waals surface area contributed by atoms with Gasteiger partial charge in [-0.05, 0) is 237 Å². The number of para-hydroxylation sites is 2. The molecule has 10 N–H and O–H groups in total. The highest BCUT2D eigenvalue weighted by atomic mass is 16.7. The van der Waals surface area contributed by atoms with E-state index in [0.717, 1.165) is 45.9 Å². The zero-order valence-corrected chi connectivity index (χ0v) is 78.6. The van der Waals surface area contributed by atoms with E-state index >= 15 is 0 Å². The Morgan fingerprint density at radius 1 is 0.537 bits per heavy atom. The van der Waals surface area contributed by atoms with Crippen LogP contribution in [-0.4, -0.2) is 328 Å². The van der Waals surface area contributed by atoms with Gasteiger partial charge in [0.1, 0.15) is 53.9 Å². The first-order valence-electron chi connectivity index (χ1n) is 45.3. The second kappa shape index (κ2) is 45.7. The number of esters is 2. The standard InChI is InChI=1S/C51H86N4O12.C43H72N4O9/c1-15-40-51(10,60)44(56)34(6)55(13)29-30(2)25-49(8,59)46(32(4)42(33(5)47(58)65-40)66-41-26-50(9,61-14)45(57)35(7)64-41)67-48-43(39(54(11)12)23-31(3)63-48)62-22-18-21-52-27-36-24-37-19-16-17-20-38(37)53-28-36;1-12-35-43(8,52)38(49)30(6)47(11)25-26(2)22-42(7,51)39(28(4)36(48)29(5)40(50)55-35)56-41-37(34(46(9)10)20-27(3)54-41)53-19-15-18-44-23-31-21-32-16-13-14-17-33(32)45-24-31/h16-17,19-20,24,28,30-35,39-46,48,52,56-57,59-60H,15,18,21-23,25-27,29H2,1-14H3;13-14,16-17,21,24,26-30,34-39,41,44,48-49,51-52H,12,15,18-20,22-23,25H2,1-11H3/t30-,31-,32+,33-,34-,35+,39+,40-,41+,42+,43-,44-,45+,46-,48+,49-,50-,51-;26-,27-,28+,29-,30-,34+,35-,36+,37-,38-,39-,41+,42-,43-/m11/s1. The molecule has 4 aromatic rings. The van der Waals surface area contributed by atoms with Crippen LogP contribution in [0.25, 0.3) is 21.8 Å². The molecule has 700 valence electrons. The van der Waals surface area contributed by atoms with Gasteiger partial charge in [0.05, 0.1) is 82.4 Å². The summed E-state index contributed by atoms with van der Waals surface area (Å²) in [7, 11) is 13.3. The number of fused-ring (bicyclic) bond motifs is 2. The number of nitrogens with one attached hydrogen (secondary N) is 2. The zero-order chi connectivity index (χ0) is 91.1. The Balaban J connectivity index is 0.000000310. The number of aliphatic hydroxyl groups excluding tert-OH is 4. The molecule has 0 aliphatic carbocycles. The predicted molar refractivity (Wildman–Crippen MR) is 473 cm³/mol. The Morgan fingerprint density at radius 3 is 1.35 bits per heavy atom. The third-order valence-electron chi connectivity index (χ3n) is 27.2. The lowest BCUT2D eigenvalue weighted by Crippen LogP contribution is -2.61. The summed E-state index contributed by atoms with van der Waals surface area (Å²) in [5.41, 5.74) is -3.50. The smallest absolute Gasteiger partial charge is 0.311 e. The zero-order valence-electron chi connectivity index (χ0n) is 78.6. The Labute approximate surface area is 733 Å². The lowest BCUT2D eigenvalue weighted by Gasteiger charge is -2.49. The van der Waals surface area contributed by atoms with Crippen molar-refractivity contribution in [2.45, 2.75) is 352 Å². The number of pyridine rings is 2. The van der Waals surface area contributed by atoms with Crippen LogP contribution in [-0.2, 0) is 74.8 Å². The van der Waals surface area contributed by atoms with Gasteiger partial charge in [0.15, 0.2) is 18.9 Å². The van der Waals surface area contributed by atoms with Crippen molar-refractivity contribution in [3.8, 4) is 0 Å². The average Bonchev–Trinajstić information content (AvgIpc) is 1.57. The number of carbonyl (C=O) groups is 2. The normalized spacial score (nSPS) is 40.0. The van der Waals surface area contributed by atoms with Crippen molar-refractivity contribution >= 4 is 33.7 Å². The van der Waals surface area contributed by atoms with Crippen LogP contribution in [0.4, 0.5) is 0 Å². The fourth-order valence-electron chi connectivity index (χ4n) is 19.5. The molecule has 2 aromatic heterocycles. The van der Waals surface area contributed by atoms with Gasteiger partial charge in [0, 0.05) is 112 Å². The number of carbonyl (C=O) groups excluding carboxylic acids is 2. The fraction of sp³-hybridized carbons (Fsp3) is 0.787. The molecule has 32 atom stereocenters. The molecule has 0 unspecified atom stereocenters. The van der Waals surface area contributed by atoms with E-state index in [1.165, 1.54) is 21.0 Å². The number of cyclic esters (lactones) is 2. The van der Waals surface area contributed by atoms with E-state index in [9.17, 15) is 50.4 Å². The van der Waals surface area contributed by atoms with Gasteiger partial charge in [-0.15, -0.1) is 0 Å². The lowest BCUT2D eigenvalue weighted by molar-refractivity contribution is -0.321. The van der Waals surface area contributed by atoms with E-state index < -0.39 is 168 Å². The fourth-order valence-corrected chi connectivity index (χ4v) is 19.5. The molecule has 0 radical (unpaired) electrons. The molecule has 5 aliphatic rings. The SMILES string of the molecule is CC[C@H]1OC(=O)[C@H](C)[C@@H](O)[C@H](C)[C@@H](O[C@@H]2O[C@H](C)C[C@H](N(C)C)[C@H]2OCCCNCc2cnc3ccccc3c2)[C@](C)(O)C[C@@H](C)CN(C)[C@H](C)[C@@H](O)[C@]1(C)O.CC[C@H]1OC(=O)[C@H](C)[C@@H](O[C@H]2C[C@@](C)(OC)[C@@H](O)[C@H](C)O2)[C@H](C)[C@@H](O[C@@H]2O[C@H](C)C[C@H](N(C)C)[C@H]2OCCCNCc2cnc3ccccc3c2)[C@](C)(O)C[C@@H](C)CN(C)[C@H](C)[C@@H](O)[C@]1(C)O. The second-order valence-electron chi connectivity index (χ2n) is 38.6. The Kier molecular flexibility index (Phi) is 38.5. The van der Waals surface area contributed by atoms with Crippen LogP contribution in [0.5, 0.6) is 0 Å². The van der Waals surface area contributed by atoms with Gasteiger partial charge in [0.25, 0.3) is 0 Å². The molecule has 5 fully saturated rings. The number of methoxy groups -OCH3 is 1. The largest absolute Gasteiger partial charge is 0.459 e. The minimum absolute atomic E-state index is 0.0546. The van der Waals surface area contributed by atoms with Gasteiger partial charge in [-0.2, -0.15) is 0 Å². The maximum Gasteiger partial charge on any atom is 0.311 e. The number of rotatable bonds is 25. The number of aromatic nitrogens is 2. The highest BCUT2D eigenvalue weighted by molar-refractivity contribution is 5.79. The van der Waals surface area contributed by atoms with Crippen molar-refractivity contribution in [1.29, 1.82) is 0 Å². The molecule has 0 spiro atoms. The maximum atomic E-state index is 14.5. The van der Waals surface area contributed by atoms with Crippen molar-refractivity contribution in [3.63, 3.8) is 0 Å². The molecule has 5 aliphatic heterocycles. The number of nitrogens with zero attached hydrogens (tertiary/aromatic N) is 6. The first-order chi connectivity index (χ1) is 57.7. The van der Waals surface area contributed by atoms with Crippen molar-refractivity contribution in [2.75, 3.05) is 88.8 Å². The first-order valence-corrected chi connectivity index (χ1v) is 45.3. The van der Waals surface area contributed by atoms with E-state index in [1.807, 2.05) is 149 Å². The van der Waals surface area contributed by atoms with Gasteiger partial charge in [-0.25, -0.2) is 0 Å². The molecule has 0 amide bonds. The summed E-state index contributed by atoms with van der Waals surface area (Å²) in [5.74, 6) is -5.16. The van der Waals surface area contributed by atoms with E-state index in [4.69, 9.17) is 52.1 Å². The van der Waals surface area contributed by atoms with Gasteiger partial charge >= 0.3 is 11.9 Å². The molecule has 29 nitrogen and oxygen atoms in total. The molecular formula is C94H158N8O21. The van der Waals surface area contributed by atoms with Crippen LogP contribution < -0.4 is 10.6 Å². The topological polar surface area (TPSA) is 360 Å². The van der Waals surface area contributed by atoms with Gasteiger partial charge in [0.2, 0.25) is 0 Å². The Hall–Kier alpha value is -4.72. The minimum Gasteiger partial charge on any atom is -0.459 e. The molecule has 7 heterocycles. The van der Waals surface area contributed by atoms with Crippen molar-refractivity contribution < 1.29 is 103 Å². The highest BCUT2D eigenvalue weighted by Crippen LogP contribution is 2.43. The van der Waals surface area contributed by atoms with E-state index in [2.05, 4.69) is 54.7 Å². The molecule has 2 aromatic carbocycles. The van der Waals surface area contributed by atoms with Crippen molar-refractivity contribution in [3.05, 3.63) is 84.2 Å². The summed E-state index contributed by atoms with van der Waals surface area (Å²) in [6.07, 6.45) is -6.96. The number of ether oxygens (including phenoxy) is 11. The number of likely N-dealkylation sites (N-methyl/N-ethyl adjacent to an activating group) is 4. The number of hydrogen-bond donors (Lipinski definition) is 10. The molecule has 0 bridgehead atoms. The van der Waals surface area contributed by atoms with Crippen molar-refractivity contribution in [2.24, 2.45) is 35.5 Å². The van der Waals surface area contributed by atoms with Crippen molar-refractivity contribution in [1.82, 2.24) is 40.2 Å². The number of aliphatic hydroxyl groups is 8. The van der Waals surface area contributed by atoms with Crippen LogP contribution in [0, 0.1) is 35.5 Å². The van der Waals surface area contributed by atoms with Gasteiger partial charge in [-0.1, -0.05) is 77.9 Å². The summed E-state index contributed by atoms with van der Waals surface area (Å²) in [5, 5.41) is 104. The van der Waals surface area contributed by atoms with Crippen LogP contribution in [0.2, 0.25) is 0 Å². The van der Waals surface area contributed by atoms with Crippen LogP contribution >= 0.6 is 0 Å². The number of hydrogen-bond acceptors (Lipinski definition) is 29. The maximum absolute atomic E-state index is 14.5. The van der Waals surface area contributed by atoms with Gasteiger partial charge in [-0.3, -0.25) is 19.6 Å². The minimum atomic E-state index is -1.81. The van der Waals surface area contributed by atoms with Crippen LogP contribution in [0.1, 0.15) is 194 Å². The molecule has 9 rings (SSSR count). The summed E-state index contributed by atoms with van der Waals surface area (Å²) in [6, 6.07) is 19.2. The summed E-state index contributed by atoms with van der Waals surface area (Å²) >= 11 is 0. The Bertz CT molecular complexity index is 3870. The first kappa shape index (κ1) is 104. The predicted octanol–water partition coefficient (Wildman–Crippen LogP) is 8.38. The summed E-state index contributed by atoms with van der Waals surface area (Å²) < 4.78 is 71.5. The lowest BCUT2D eigenvalue weighted by atomic mass is 9.77. The third kappa shape index (κ3) is 26.8. The summed E-state index contributed by atoms with van der Waals surface area (Å²) in [4.78, 5) is 45.5. The quantitative estimate of drug-likeness (QED) is 0.0220. The van der Waals surface area contributed by atoms with Crippen LogP contribution in [0.3, 0.4) is 0 Å². The second-order valence-corrected chi connectivity index (χ2v) is 38.6. The Morgan fingerprint density at radius 2 is 0.943 bits per heavy atom. The van der Waals surface area contributed by atoms with E-state index in [-0.39, 0.29) is 68.2 Å². The molecule has 5 saturated heterocycles. The highest BCUT2D eigenvalue weighted by Gasteiger charge is 2.56. The van der Waals surface area contributed by atoms with E-state index in [0.29, 0.717) is 65.2 Å². The van der Waals surface area contributed by atoms with E-state index in [1.54, 1.807) is 62.3 Å². The summed E-state index contributed by atoms with van der Waals surface area (Å²) in [6.45, 7) is 36.7.